The third-order valence-electron chi connectivity index (χ3n) is 6.52. The highest BCUT2D eigenvalue weighted by Gasteiger charge is 2.44. The number of morpholine rings is 1. The van der Waals surface area contributed by atoms with E-state index >= 15 is 0 Å². The maximum atomic E-state index is 13.2. The van der Waals surface area contributed by atoms with Crippen molar-refractivity contribution in [2.75, 3.05) is 31.0 Å². The van der Waals surface area contributed by atoms with Crippen molar-refractivity contribution in [2.24, 2.45) is 0 Å². The van der Waals surface area contributed by atoms with Crippen LogP contribution >= 0.6 is 11.6 Å². The fraction of sp³-hybridized carbons (Fsp3) is 0.333. The summed E-state index contributed by atoms with van der Waals surface area (Å²) in [6, 6.07) is 7.60. The van der Waals surface area contributed by atoms with Gasteiger partial charge in [-0.3, -0.25) is 39.0 Å². The second-order valence-electron chi connectivity index (χ2n) is 8.93. The number of ether oxygens (including phenoxy) is 1. The summed E-state index contributed by atoms with van der Waals surface area (Å²) in [5.74, 6) is -2.61. The Balaban J connectivity index is 1.37. The highest BCUT2D eigenvalue weighted by molar-refractivity contribution is 7.92. The summed E-state index contributed by atoms with van der Waals surface area (Å²) in [6.45, 7) is 3.08. The summed E-state index contributed by atoms with van der Waals surface area (Å²) in [5, 5.41) is 2.23. The average molecular weight is 547 g/mol. The summed E-state index contributed by atoms with van der Waals surface area (Å²) in [5.41, 5.74) is 0.714. The lowest BCUT2D eigenvalue weighted by Crippen LogP contribution is -2.54. The first-order valence-corrected chi connectivity index (χ1v) is 13.5. The van der Waals surface area contributed by atoms with Gasteiger partial charge in [0.15, 0.2) is 0 Å². The number of halogens is 1. The summed E-state index contributed by atoms with van der Waals surface area (Å²) in [4.78, 5) is 52.4. The molecule has 11 nitrogen and oxygen atoms in total. The molecule has 0 bridgehead atoms. The molecule has 2 aromatic rings. The molecule has 37 heavy (non-hydrogen) atoms. The van der Waals surface area contributed by atoms with E-state index in [1.54, 1.807) is 12.1 Å². The molecule has 194 valence electrons. The van der Waals surface area contributed by atoms with Crippen molar-refractivity contribution in [3.8, 4) is 0 Å². The van der Waals surface area contributed by atoms with E-state index in [1.807, 2.05) is 0 Å². The van der Waals surface area contributed by atoms with Crippen LogP contribution in [0.5, 0.6) is 0 Å². The number of carbonyl (C=O) groups is 4. The zero-order valence-electron chi connectivity index (χ0n) is 19.5. The van der Waals surface area contributed by atoms with Crippen LogP contribution in [-0.2, 0) is 30.9 Å². The summed E-state index contributed by atoms with van der Waals surface area (Å²) in [7, 11) is -4.14. The topological polar surface area (TPSA) is 142 Å². The molecule has 4 amide bonds. The SMILES string of the molecule is O=C1CCC(N2C(=O)c3ccc(NS(=O)(=O)c4cccc(CN5CCOCC5)c4Cl)cc3C2=O)C(=O)N1. The lowest BCUT2D eigenvalue weighted by atomic mass is 10.0. The first kappa shape index (κ1) is 25.3. The Morgan fingerprint density at radius 3 is 2.49 bits per heavy atom. The summed E-state index contributed by atoms with van der Waals surface area (Å²) >= 11 is 6.50. The van der Waals surface area contributed by atoms with Gasteiger partial charge in [-0.1, -0.05) is 23.7 Å². The molecule has 1 atom stereocenters. The third kappa shape index (κ3) is 4.85. The van der Waals surface area contributed by atoms with Crippen molar-refractivity contribution in [3.63, 3.8) is 0 Å². The summed E-state index contributed by atoms with van der Waals surface area (Å²) in [6.07, 6.45) is 0.0230. The van der Waals surface area contributed by atoms with Crippen molar-refractivity contribution in [3.05, 3.63) is 58.1 Å². The van der Waals surface area contributed by atoms with Crippen LogP contribution in [0.3, 0.4) is 0 Å². The molecule has 0 spiro atoms. The minimum Gasteiger partial charge on any atom is -0.379 e. The monoisotopic (exact) mass is 546 g/mol. The molecule has 0 aliphatic carbocycles. The Morgan fingerprint density at radius 2 is 1.76 bits per heavy atom. The van der Waals surface area contributed by atoms with Crippen LogP contribution < -0.4 is 10.0 Å². The maximum Gasteiger partial charge on any atom is 0.263 e. The molecule has 13 heteroatoms. The molecule has 3 heterocycles. The third-order valence-corrected chi connectivity index (χ3v) is 8.50. The van der Waals surface area contributed by atoms with E-state index in [0.717, 1.165) is 4.90 Å². The first-order chi connectivity index (χ1) is 17.7. The molecule has 0 radical (unpaired) electrons. The zero-order chi connectivity index (χ0) is 26.3. The van der Waals surface area contributed by atoms with Crippen LogP contribution in [0, 0.1) is 0 Å². The van der Waals surface area contributed by atoms with Gasteiger partial charge >= 0.3 is 0 Å². The molecular formula is C24H23ClN4O7S. The Bertz CT molecular complexity index is 1420. The number of sulfonamides is 1. The number of anilines is 1. The Labute approximate surface area is 217 Å². The maximum absolute atomic E-state index is 13.2. The van der Waals surface area contributed by atoms with Gasteiger partial charge in [0.1, 0.15) is 10.9 Å². The number of hydrogen-bond acceptors (Lipinski definition) is 8. The lowest BCUT2D eigenvalue weighted by molar-refractivity contribution is -0.136. The Hall–Kier alpha value is -3.32. The van der Waals surface area contributed by atoms with Crippen molar-refractivity contribution in [1.29, 1.82) is 0 Å². The molecule has 3 aliphatic heterocycles. The van der Waals surface area contributed by atoms with Crippen molar-refractivity contribution >= 4 is 50.9 Å². The van der Waals surface area contributed by atoms with Crippen LogP contribution in [0.4, 0.5) is 5.69 Å². The van der Waals surface area contributed by atoms with E-state index in [9.17, 15) is 27.6 Å². The minimum absolute atomic E-state index is 0.000220. The fourth-order valence-electron chi connectivity index (χ4n) is 4.63. The molecule has 2 N–H and O–H groups in total. The minimum atomic E-state index is -4.14. The Morgan fingerprint density at radius 1 is 1.03 bits per heavy atom. The lowest BCUT2D eigenvalue weighted by Gasteiger charge is -2.27. The van der Waals surface area contributed by atoms with Crippen LogP contribution in [0.15, 0.2) is 41.3 Å². The molecule has 2 fully saturated rings. The number of rotatable bonds is 6. The van der Waals surface area contributed by atoms with E-state index in [0.29, 0.717) is 38.4 Å². The fourth-order valence-corrected chi connectivity index (χ4v) is 6.29. The second-order valence-corrected chi connectivity index (χ2v) is 11.0. The normalized spacial score (nSPS) is 20.7. The number of benzene rings is 2. The quantitative estimate of drug-likeness (QED) is 0.517. The molecule has 3 aliphatic rings. The van der Waals surface area contributed by atoms with Crippen molar-refractivity contribution in [2.45, 2.75) is 30.3 Å². The summed E-state index contributed by atoms with van der Waals surface area (Å²) < 4.78 is 34.2. The van der Waals surface area contributed by atoms with E-state index in [2.05, 4.69) is 14.9 Å². The van der Waals surface area contributed by atoms with Gasteiger partial charge in [-0.2, -0.15) is 0 Å². The molecule has 2 aromatic carbocycles. The van der Waals surface area contributed by atoms with Gasteiger partial charge in [0.05, 0.1) is 29.4 Å². The number of fused-ring (bicyclic) bond motifs is 1. The first-order valence-electron chi connectivity index (χ1n) is 11.6. The van der Waals surface area contributed by atoms with Gasteiger partial charge in [-0.15, -0.1) is 0 Å². The average Bonchev–Trinajstić information content (AvgIpc) is 3.10. The van der Waals surface area contributed by atoms with Crippen LogP contribution in [0.2, 0.25) is 5.02 Å². The van der Waals surface area contributed by atoms with Crippen LogP contribution in [0.1, 0.15) is 39.1 Å². The highest BCUT2D eigenvalue weighted by Crippen LogP contribution is 2.32. The van der Waals surface area contributed by atoms with E-state index in [-0.39, 0.29) is 39.6 Å². The van der Waals surface area contributed by atoms with Gasteiger partial charge in [0.2, 0.25) is 11.8 Å². The predicted octanol–water partition coefficient (Wildman–Crippen LogP) is 1.37. The standard InChI is InChI=1S/C24H23ClN4O7S/c25-21-14(13-28-8-10-36-11-9-28)2-1-3-19(21)37(34,35)27-15-4-5-16-17(12-15)24(33)29(23(16)32)18-6-7-20(30)26-22(18)31/h1-5,12,18,27H,6-11,13H2,(H,26,30,31). The largest absolute Gasteiger partial charge is 0.379 e. The van der Waals surface area contributed by atoms with Gasteiger partial charge < -0.3 is 4.74 Å². The Kier molecular flexibility index (Phi) is 6.75. The zero-order valence-corrected chi connectivity index (χ0v) is 21.1. The molecule has 1 unspecified atom stereocenters. The van der Waals surface area contributed by atoms with Gasteiger partial charge in [0.25, 0.3) is 21.8 Å². The molecule has 2 saturated heterocycles. The van der Waals surface area contributed by atoms with E-state index < -0.39 is 39.7 Å². The molecule has 0 saturated carbocycles. The van der Waals surface area contributed by atoms with Gasteiger partial charge in [-0.25, -0.2) is 8.42 Å². The number of nitrogens with zero attached hydrogens (tertiary/aromatic N) is 2. The van der Waals surface area contributed by atoms with E-state index in [4.69, 9.17) is 16.3 Å². The van der Waals surface area contributed by atoms with Gasteiger partial charge in [0, 0.05) is 31.7 Å². The predicted molar refractivity (Wildman–Crippen MR) is 131 cm³/mol. The van der Waals surface area contributed by atoms with Crippen molar-refractivity contribution in [1.82, 2.24) is 15.1 Å². The number of nitrogens with one attached hydrogen (secondary N) is 2. The molecule has 0 aromatic heterocycles. The molecule has 5 rings (SSSR count). The van der Waals surface area contributed by atoms with E-state index in [1.165, 1.54) is 24.3 Å². The molecular weight excluding hydrogens is 524 g/mol. The number of carbonyl (C=O) groups excluding carboxylic acids is 4. The van der Waals surface area contributed by atoms with Gasteiger partial charge in [-0.05, 0) is 36.2 Å². The number of hydrogen-bond donors (Lipinski definition) is 2. The second kappa shape index (κ2) is 9.86. The number of piperidine rings is 1. The van der Waals surface area contributed by atoms with Crippen LogP contribution in [0.25, 0.3) is 0 Å². The number of imide groups is 2. The smallest absolute Gasteiger partial charge is 0.263 e. The van der Waals surface area contributed by atoms with Crippen LogP contribution in [-0.4, -0.2) is 74.2 Å². The number of amides is 4. The highest BCUT2D eigenvalue weighted by atomic mass is 35.5. The van der Waals surface area contributed by atoms with Crippen molar-refractivity contribution < 1.29 is 32.3 Å².